The van der Waals surface area contributed by atoms with Crippen LogP contribution in [0.1, 0.15) is 27.2 Å². The molecule has 0 radical (unpaired) electrons. The van der Waals surface area contributed by atoms with Crippen LogP contribution in [0.2, 0.25) is 0 Å². The van der Waals surface area contributed by atoms with Gasteiger partial charge < -0.3 is 15.1 Å². The zero-order valence-electron chi connectivity index (χ0n) is 15.9. The van der Waals surface area contributed by atoms with Crippen molar-refractivity contribution in [3.05, 3.63) is 0 Å². The van der Waals surface area contributed by atoms with Crippen LogP contribution in [0.15, 0.2) is 0 Å². The Hall–Kier alpha value is -0.210. The second-order valence-corrected chi connectivity index (χ2v) is 9.14. The summed E-state index contributed by atoms with van der Waals surface area (Å²) in [5.41, 5.74) is -0.303. The maximum absolute atomic E-state index is 12.5. The van der Waals surface area contributed by atoms with Crippen LogP contribution < -0.4 is 5.32 Å². The highest BCUT2D eigenvalue weighted by Crippen LogP contribution is 2.22. The van der Waals surface area contributed by atoms with Gasteiger partial charge in [0, 0.05) is 56.5 Å². The number of halogens is 2. The van der Waals surface area contributed by atoms with Gasteiger partial charge in [0.15, 0.2) is 0 Å². The Kier molecular flexibility index (Phi) is 9.00. The van der Waals surface area contributed by atoms with Crippen molar-refractivity contribution >= 4 is 48.4 Å². The smallest absolute Gasteiger partial charge is 0.240 e. The molecule has 0 spiro atoms. The largest absolute Gasteiger partial charge is 0.340 e. The molecule has 3 aliphatic heterocycles. The Morgan fingerprint density at radius 2 is 1.65 bits per heavy atom. The lowest BCUT2D eigenvalue weighted by molar-refractivity contribution is -0.141. The molecule has 0 aromatic heterocycles. The fraction of sp³-hybridized carbons (Fsp3) is 0.882. The van der Waals surface area contributed by atoms with Gasteiger partial charge in [-0.1, -0.05) is 20.8 Å². The lowest BCUT2D eigenvalue weighted by Gasteiger charge is -2.40. The van der Waals surface area contributed by atoms with E-state index in [2.05, 4.69) is 10.2 Å². The monoisotopic (exact) mass is 426 g/mol. The molecule has 9 heteroatoms. The summed E-state index contributed by atoms with van der Waals surface area (Å²) in [4.78, 5) is 31.3. The van der Waals surface area contributed by atoms with Crippen molar-refractivity contribution < 1.29 is 9.59 Å². The summed E-state index contributed by atoms with van der Waals surface area (Å²) in [7, 11) is 0. The molecule has 0 aliphatic carbocycles. The molecule has 3 aliphatic rings. The number of thioether (sulfide) groups is 1. The lowest BCUT2D eigenvalue weighted by Crippen LogP contribution is -2.54. The van der Waals surface area contributed by atoms with Crippen LogP contribution in [0.3, 0.4) is 0 Å². The Morgan fingerprint density at radius 3 is 2.19 bits per heavy atom. The zero-order valence-corrected chi connectivity index (χ0v) is 18.4. The minimum Gasteiger partial charge on any atom is -0.340 e. The molecule has 152 valence electrons. The van der Waals surface area contributed by atoms with Crippen LogP contribution in [-0.2, 0) is 9.59 Å². The van der Waals surface area contributed by atoms with Gasteiger partial charge in [0.25, 0.3) is 0 Å². The Balaban J connectivity index is 0.00000169. The minimum absolute atomic E-state index is 0. The minimum atomic E-state index is -0.303. The number of hydrogen-bond donors (Lipinski definition) is 1. The van der Waals surface area contributed by atoms with E-state index in [4.69, 9.17) is 0 Å². The van der Waals surface area contributed by atoms with Crippen LogP contribution >= 0.6 is 36.6 Å². The van der Waals surface area contributed by atoms with Crippen molar-refractivity contribution in [1.82, 2.24) is 20.0 Å². The molecule has 0 bridgehead atoms. The van der Waals surface area contributed by atoms with Gasteiger partial charge in [-0.3, -0.25) is 14.5 Å². The van der Waals surface area contributed by atoms with Gasteiger partial charge in [0.2, 0.25) is 11.8 Å². The molecule has 0 saturated carbocycles. The molecule has 6 nitrogen and oxygen atoms in total. The Labute approximate surface area is 173 Å². The van der Waals surface area contributed by atoms with Crippen LogP contribution in [0.25, 0.3) is 0 Å². The SMILES string of the molecule is CC(C)(C)C(=O)N1CCN([C@@H]2CN[C@H](C(=O)N3CCSC3)C2)CC1.Cl.Cl. The van der Waals surface area contributed by atoms with Crippen molar-refractivity contribution in [2.45, 2.75) is 39.3 Å². The Morgan fingerprint density at radius 1 is 1.00 bits per heavy atom. The molecule has 3 rings (SSSR count). The van der Waals surface area contributed by atoms with E-state index in [1.165, 1.54) is 0 Å². The number of nitrogens with one attached hydrogen (secondary N) is 1. The van der Waals surface area contributed by atoms with Gasteiger partial charge in [-0.15, -0.1) is 36.6 Å². The predicted molar refractivity (Wildman–Crippen MR) is 111 cm³/mol. The maximum Gasteiger partial charge on any atom is 0.240 e. The average molecular weight is 427 g/mol. The second kappa shape index (κ2) is 9.82. The first-order valence-corrected chi connectivity index (χ1v) is 10.1. The first-order valence-electron chi connectivity index (χ1n) is 8.99. The van der Waals surface area contributed by atoms with Gasteiger partial charge in [-0.2, -0.15) is 0 Å². The summed E-state index contributed by atoms with van der Waals surface area (Å²) in [6.07, 6.45) is 0.896. The van der Waals surface area contributed by atoms with E-state index in [-0.39, 0.29) is 48.1 Å². The normalized spacial score (nSPS) is 27.0. The molecule has 3 saturated heterocycles. The van der Waals surface area contributed by atoms with Crippen LogP contribution in [0.5, 0.6) is 0 Å². The highest BCUT2D eigenvalue weighted by Gasteiger charge is 2.37. The summed E-state index contributed by atoms with van der Waals surface area (Å²) < 4.78 is 0. The van der Waals surface area contributed by atoms with Crippen LogP contribution in [0.4, 0.5) is 0 Å². The zero-order chi connectivity index (χ0) is 17.3. The Bertz CT molecular complexity index is 490. The summed E-state index contributed by atoms with van der Waals surface area (Å²) in [5.74, 6) is 2.41. The van der Waals surface area contributed by atoms with Crippen molar-refractivity contribution in [3.63, 3.8) is 0 Å². The second-order valence-electron chi connectivity index (χ2n) is 8.07. The van der Waals surface area contributed by atoms with E-state index in [1.54, 1.807) is 0 Å². The van der Waals surface area contributed by atoms with E-state index < -0.39 is 0 Å². The number of hydrogen-bond acceptors (Lipinski definition) is 5. The van der Waals surface area contributed by atoms with Gasteiger partial charge in [-0.05, 0) is 6.42 Å². The predicted octanol–water partition coefficient (Wildman–Crippen LogP) is 1.28. The molecular weight excluding hydrogens is 395 g/mol. The van der Waals surface area contributed by atoms with Crippen molar-refractivity contribution in [2.24, 2.45) is 5.41 Å². The van der Waals surface area contributed by atoms with Crippen molar-refractivity contribution in [3.8, 4) is 0 Å². The number of amides is 2. The van der Waals surface area contributed by atoms with E-state index in [0.717, 1.165) is 57.3 Å². The molecule has 1 N–H and O–H groups in total. The highest BCUT2D eigenvalue weighted by molar-refractivity contribution is 7.99. The van der Waals surface area contributed by atoms with Gasteiger partial charge in [-0.25, -0.2) is 0 Å². The van der Waals surface area contributed by atoms with Crippen molar-refractivity contribution in [1.29, 1.82) is 0 Å². The standard InChI is InChI=1S/C17H30N4O2S.2ClH/c1-17(2,3)16(23)20-6-4-19(5-7-20)13-10-14(18-11-13)15(22)21-8-9-24-12-21;;/h13-14,18H,4-12H2,1-3H3;2*1H/t13-,14-;;/m0../s1. The quantitative estimate of drug-likeness (QED) is 0.720. The summed E-state index contributed by atoms with van der Waals surface area (Å²) in [5, 5.41) is 3.42. The lowest BCUT2D eigenvalue weighted by atomic mass is 9.94. The van der Waals surface area contributed by atoms with E-state index in [1.807, 2.05) is 42.3 Å². The summed E-state index contributed by atoms with van der Waals surface area (Å²) in [6.45, 7) is 11.1. The number of rotatable bonds is 2. The van der Waals surface area contributed by atoms with E-state index >= 15 is 0 Å². The molecule has 2 atom stereocenters. The van der Waals surface area contributed by atoms with Gasteiger partial charge in [0.1, 0.15) is 0 Å². The molecular formula is C17H32Cl2N4O2S. The van der Waals surface area contributed by atoms with E-state index in [9.17, 15) is 9.59 Å². The highest BCUT2D eigenvalue weighted by atomic mass is 35.5. The maximum atomic E-state index is 12.5. The third-order valence-electron chi connectivity index (χ3n) is 5.23. The summed E-state index contributed by atoms with van der Waals surface area (Å²) >= 11 is 1.83. The molecule has 2 amide bonds. The molecule has 3 heterocycles. The van der Waals surface area contributed by atoms with Crippen molar-refractivity contribution in [2.75, 3.05) is 50.9 Å². The molecule has 0 aromatic carbocycles. The first kappa shape index (κ1) is 23.8. The fourth-order valence-corrected chi connectivity index (χ4v) is 4.71. The van der Waals surface area contributed by atoms with E-state index in [0.29, 0.717) is 6.04 Å². The van der Waals surface area contributed by atoms with Crippen LogP contribution in [-0.4, -0.2) is 89.5 Å². The summed E-state index contributed by atoms with van der Waals surface area (Å²) in [6, 6.07) is 0.393. The molecule has 3 fully saturated rings. The number of carbonyl (C=O) groups excluding carboxylic acids is 2. The molecule has 0 unspecified atom stereocenters. The van der Waals surface area contributed by atoms with Gasteiger partial charge in [0.05, 0.1) is 11.9 Å². The average Bonchev–Trinajstić information content (AvgIpc) is 3.24. The molecule has 0 aromatic rings. The topological polar surface area (TPSA) is 55.9 Å². The third kappa shape index (κ3) is 5.41. The van der Waals surface area contributed by atoms with Crippen LogP contribution in [0, 0.1) is 5.41 Å². The fourth-order valence-electron chi connectivity index (χ4n) is 3.76. The number of piperazine rings is 1. The third-order valence-corrected chi connectivity index (χ3v) is 6.20. The molecule has 26 heavy (non-hydrogen) atoms. The number of carbonyl (C=O) groups is 2. The van der Waals surface area contributed by atoms with Gasteiger partial charge >= 0.3 is 0 Å². The first-order chi connectivity index (χ1) is 11.4. The number of nitrogens with zero attached hydrogens (tertiary/aromatic N) is 3.